The number of carboxylic acids is 1. The van der Waals surface area contributed by atoms with Crippen LogP contribution in [0.15, 0.2) is 66.7 Å². The van der Waals surface area contributed by atoms with Crippen LogP contribution in [0, 0.1) is 0 Å². The van der Waals surface area contributed by atoms with E-state index in [-0.39, 0.29) is 6.04 Å². The standard InChI is InChI=1S/C22H20ClNO2/c23-19-8-3-7-17(14-19)21(24-12-4-9-20(24)22(25)26)18-11-10-15-5-1-2-6-16(15)13-18/h1-3,5-8,10-11,13-14,20-21H,4,9,12H2,(H,25,26). The maximum atomic E-state index is 11.8. The van der Waals surface area contributed by atoms with Crippen molar-refractivity contribution in [1.82, 2.24) is 4.90 Å². The van der Waals surface area contributed by atoms with Gasteiger partial charge < -0.3 is 5.11 Å². The van der Waals surface area contributed by atoms with Gasteiger partial charge >= 0.3 is 5.97 Å². The molecule has 3 aromatic carbocycles. The Hall–Kier alpha value is -2.36. The third kappa shape index (κ3) is 3.20. The minimum Gasteiger partial charge on any atom is -0.480 e. The summed E-state index contributed by atoms with van der Waals surface area (Å²) in [6.07, 6.45) is 1.57. The molecule has 1 aliphatic rings. The summed E-state index contributed by atoms with van der Waals surface area (Å²) >= 11 is 6.24. The highest BCUT2D eigenvalue weighted by atomic mass is 35.5. The molecule has 0 amide bonds. The van der Waals surface area contributed by atoms with E-state index in [4.69, 9.17) is 11.6 Å². The molecular formula is C22H20ClNO2. The zero-order chi connectivity index (χ0) is 18.1. The van der Waals surface area contributed by atoms with Gasteiger partial charge in [0.25, 0.3) is 0 Å². The molecule has 1 N–H and O–H groups in total. The molecule has 1 saturated heterocycles. The lowest BCUT2D eigenvalue weighted by Gasteiger charge is -2.32. The van der Waals surface area contributed by atoms with Crippen molar-refractivity contribution in [3.8, 4) is 0 Å². The Bertz CT molecular complexity index is 956. The van der Waals surface area contributed by atoms with Crippen LogP contribution >= 0.6 is 11.6 Å². The van der Waals surface area contributed by atoms with E-state index < -0.39 is 12.0 Å². The largest absolute Gasteiger partial charge is 0.480 e. The van der Waals surface area contributed by atoms with Crippen LogP contribution in [0.1, 0.15) is 30.0 Å². The molecule has 1 aliphatic heterocycles. The summed E-state index contributed by atoms with van der Waals surface area (Å²) in [5.74, 6) is -0.754. The number of hydrogen-bond acceptors (Lipinski definition) is 2. The van der Waals surface area contributed by atoms with Crippen LogP contribution in [0.5, 0.6) is 0 Å². The Labute approximate surface area is 157 Å². The van der Waals surface area contributed by atoms with Gasteiger partial charge in [0.1, 0.15) is 6.04 Å². The summed E-state index contributed by atoms with van der Waals surface area (Å²) in [5.41, 5.74) is 2.13. The first kappa shape index (κ1) is 17.1. The first-order valence-corrected chi connectivity index (χ1v) is 9.24. The van der Waals surface area contributed by atoms with Crippen molar-refractivity contribution in [1.29, 1.82) is 0 Å². The molecule has 1 fully saturated rings. The van der Waals surface area contributed by atoms with Crippen molar-refractivity contribution in [3.05, 3.63) is 82.9 Å². The van der Waals surface area contributed by atoms with Crippen molar-refractivity contribution >= 4 is 28.3 Å². The predicted octanol–water partition coefficient (Wildman–Crippen LogP) is 5.13. The van der Waals surface area contributed by atoms with E-state index in [9.17, 15) is 9.90 Å². The molecular weight excluding hydrogens is 346 g/mol. The van der Waals surface area contributed by atoms with Gasteiger partial charge in [-0.15, -0.1) is 0 Å². The van der Waals surface area contributed by atoms with Gasteiger partial charge in [-0.1, -0.05) is 60.1 Å². The average Bonchev–Trinajstić information content (AvgIpc) is 3.11. The molecule has 4 heteroatoms. The molecule has 3 nitrogen and oxygen atoms in total. The zero-order valence-electron chi connectivity index (χ0n) is 14.3. The third-order valence-electron chi connectivity index (χ3n) is 5.16. The van der Waals surface area contributed by atoms with Crippen LogP contribution in [0.4, 0.5) is 0 Å². The van der Waals surface area contributed by atoms with Crippen LogP contribution in [0.2, 0.25) is 5.02 Å². The van der Waals surface area contributed by atoms with Gasteiger partial charge in [0.2, 0.25) is 0 Å². The van der Waals surface area contributed by atoms with Crippen LogP contribution in [-0.4, -0.2) is 28.6 Å². The Morgan fingerprint density at radius 3 is 2.54 bits per heavy atom. The van der Waals surface area contributed by atoms with E-state index in [2.05, 4.69) is 35.2 Å². The van der Waals surface area contributed by atoms with Gasteiger partial charge in [0.15, 0.2) is 0 Å². The van der Waals surface area contributed by atoms with E-state index in [1.807, 2.05) is 36.4 Å². The van der Waals surface area contributed by atoms with Crippen molar-refractivity contribution < 1.29 is 9.90 Å². The fraction of sp³-hybridized carbons (Fsp3) is 0.227. The Balaban J connectivity index is 1.85. The molecule has 0 bridgehead atoms. The molecule has 2 atom stereocenters. The van der Waals surface area contributed by atoms with Crippen LogP contribution in [0.25, 0.3) is 10.8 Å². The molecule has 3 aromatic rings. The first-order valence-electron chi connectivity index (χ1n) is 8.86. The first-order chi connectivity index (χ1) is 12.6. The Morgan fingerprint density at radius 1 is 1.00 bits per heavy atom. The van der Waals surface area contributed by atoms with Crippen LogP contribution < -0.4 is 0 Å². The third-order valence-corrected chi connectivity index (χ3v) is 5.40. The maximum absolute atomic E-state index is 11.8. The predicted molar refractivity (Wildman–Crippen MR) is 105 cm³/mol. The fourth-order valence-electron chi connectivity index (χ4n) is 3.99. The summed E-state index contributed by atoms with van der Waals surface area (Å²) in [6.45, 7) is 0.765. The molecule has 0 aromatic heterocycles. The van der Waals surface area contributed by atoms with Gasteiger partial charge in [-0.3, -0.25) is 9.69 Å². The highest BCUT2D eigenvalue weighted by molar-refractivity contribution is 6.30. The number of hydrogen-bond donors (Lipinski definition) is 1. The number of halogens is 1. The highest BCUT2D eigenvalue weighted by Gasteiger charge is 2.36. The maximum Gasteiger partial charge on any atom is 0.320 e. The second-order valence-electron chi connectivity index (χ2n) is 6.80. The van der Waals surface area contributed by atoms with Crippen molar-refractivity contribution in [2.75, 3.05) is 6.54 Å². The summed E-state index contributed by atoms with van der Waals surface area (Å²) in [5, 5.41) is 12.7. The zero-order valence-corrected chi connectivity index (χ0v) is 15.1. The average molecular weight is 366 g/mol. The minimum absolute atomic E-state index is 0.123. The smallest absolute Gasteiger partial charge is 0.320 e. The fourth-order valence-corrected chi connectivity index (χ4v) is 4.19. The van der Waals surface area contributed by atoms with Gasteiger partial charge in [-0.2, -0.15) is 0 Å². The number of likely N-dealkylation sites (tertiary alicyclic amines) is 1. The molecule has 26 heavy (non-hydrogen) atoms. The van der Waals surface area contributed by atoms with E-state index in [0.717, 1.165) is 29.5 Å². The second-order valence-corrected chi connectivity index (χ2v) is 7.23. The molecule has 0 aliphatic carbocycles. The number of nitrogens with zero attached hydrogens (tertiary/aromatic N) is 1. The molecule has 0 radical (unpaired) electrons. The van der Waals surface area contributed by atoms with Gasteiger partial charge in [-0.25, -0.2) is 0 Å². The highest BCUT2D eigenvalue weighted by Crippen LogP contribution is 2.36. The van der Waals surface area contributed by atoms with Crippen molar-refractivity contribution in [2.45, 2.75) is 24.9 Å². The quantitative estimate of drug-likeness (QED) is 0.696. The lowest BCUT2D eigenvalue weighted by molar-refractivity contribution is -0.142. The topological polar surface area (TPSA) is 40.5 Å². The summed E-state index contributed by atoms with van der Waals surface area (Å²) in [7, 11) is 0. The normalized spacial score (nSPS) is 18.9. The van der Waals surface area contributed by atoms with Crippen molar-refractivity contribution in [2.24, 2.45) is 0 Å². The van der Waals surface area contributed by atoms with Gasteiger partial charge in [0, 0.05) is 11.6 Å². The lowest BCUT2D eigenvalue weighted by Crippen LogP contribution is -2.39. The second kappa shape index (κ2) is 7.10. The van der Waals surface area contributed by atoms with Gasteiger partial charge in [0.05, 0.1) is 6.04 Å². The van der Waals surface area contributed by atoms with Crippen LogP contribution in [-0.2, 0) is 4.79 Å². The summed E-state index contributed by atoms with van der Waals surface area (Å²) in [4.78, 5) is 13.9. The SMILES string of the molecule is O=C(O)C1CCCN1C(c1cccc(Cl)c1)c1ccc2ccccc2c1. The number of rotatable bonds is 4. The molecule has 2 unspecified atom stereocenters. The molecule has 132 valence electrons. The summed E-state index contributed by atoms with van der Waals surface area (Å²) < 4.78 is 0. The van der Waals surface area contributed by atoms with E-state index in [1.54, 1.807) is 0 Å². The van der Waals surface area contributed by atoms with Crippen molar-refractivity contribution in [3.63, 3.8) is 0 Å². The van der Waals surface area contributed by atoms with Gasteiger partial charge in [-0.05, 0) is 52.9 Å². The van der Waals surface area contributed by atoms with E-state index in [0.29, 0.717) is 11.4 Å². The Morgan fingerprint density at radius 2 is 1.77 bits per heavy atom. The van der Waals surface area contributed by atoms with E-state index in [1.165, 1.54) is 5.39 Å². The number of carboxylic acid groups (broad SMARTS) is 1. The Kier molecular flexibility index (Phi) is 4.66. The molecule has 0 spiro atoms. The molecule has 4 rings (SSSR count). The monoisotopic (exact) mass is 365 g/mol. The number of aliphatic carboxylic acids is 1. The molecule has 1 heterocycles. The number of benzene rings is 3. The molecule has 0 saturated carbocycles. The minimum atomic E-state index is -0.754. The number of fused-ring (bicyclic) bond motifs is 1. The van der Waals surface area contributed by atoms with E-state index >= 15 is 0 Å². The summed E-state index contributed by atoms with van der Waals surface area (Å²) in [6, 6.07) is 21.8. The number of carbonyl (C=O) groups is 1. The lowest BCUT2D eigenvalue weighted by atomic mass is 9.94. The van der Waals surface area contributed by atoms with Crippen LogP contribution in [0.3, 0.4) is 0 Å².